The van der Waals surface area contributed by atoms with E-state index in [-0.39, 0.29) is 11.8 Å². The summed E-state index contributed by atoms with van der Waals surface area (Å²) in [5.41, 5.74) is 7.61. The number of rotatable bonds is 1. The van der Waals surface area contributed by atoms with Crippen molar-refractivity contribution in [2.75, 3.05) is 13.6 Å². The molecule has 2 aliphatic rings. The first-order chi connectivity index (χ1) is 12.1. The summed E-state index contributed by atoms with van der Waals surface area (Å²) in [5, 5.41) is 1.28. The minimum atomic E-state index is 0.165. The van der Waals surface area contributed by atoms with E-state index in [0.717, 1.165) is 25.0 Å². The lowest BCUT2D eigenvalue weighted by Crippen LogP contribution is -2.29. The van der Waals surface area contributed by atoms with Crippen molar-refractivity contribution in [3.8, 4) is 0 Å². The first-order valence-electron chi connectivity index (χ1n) is 9.07. The summed E-state index contributed by atoms with van der Waals surface area (Å²) in [7, 11) is 2.16. The van der Waals surface area contributed by atoms with E-state index in [1.165, 1.54) is 33.3 Å². The van der Waals surface area contributed by atoms with Crippen molar-refractivity contribution in [2.45, 2.75) is 32.2 Å². The third kappa shape index (κ3) is 2.12. The summed E-state index contributed by atoms with van der Waals surface area (Å²) in [4.78, 5) is 15.5. The van der Waals surface area contributed by atoms with Crippen LogP contribution in [0.5, 0.6) is 0 Å². The van der Waals surface area contributed by atoms with Gasteiger partial charge in [0, 0.05) is 42.9 Å². The number of carbonyl (C=O) groups is 1. The van der Waals surface area contributed by atoms with Crippen LogP contribution in [0.25, 0.3) is 10.9 Å². The van der Waals surface area contributed by atoms with E-state index in [0.29, 0.717) is 6.42 Å². The van der Waals surface area contributed by atoms with E-state index in [9.17, 15) is 4.79 Å². The van der Waals surface area contributed by atoms with Crippen LogP contribution < -0.4 is 0 Å². The van der Waals surface area contributed by atoms with Crippen LogP contribution in [0, 0.1) is 6.92 Å². The Morgan fingerprint density at radius 3 is 2.72 bits per heavy atom. The fourth-order valence-corrected chi connectivity index (χ4v) is 4.70. The first kappa shape index (κ1) is 14.9. The highest BCUT2D eigenvalue weighted by atomic mass is 16.2. The molecule has 3 heteroatoms. The molecule has 1 unspecified atom stereocenters. The summed E-state index contributed by atoms with van der Waals surface area (Å²) >= 11 is 0. The Kier molecular flexibility index (Phi) is 3.16. The van der Waals surface area contributed by atoms with Crippen molar-refractivity contribution in [3.63, 3.8) is 0 Å². The molecule has 3 nitrogen and oxygen atoms in total. The maximum Gasteiger partial charge on any atom is 0.232 e. The number of nitrogens with zero attached hydrogens (tertiary/aromatic N) is 2. The van der Waals surface area contributed by atoms with E-state index < -0.39 is 0 Å². The van der Waals surface area contributed by atoms with E-state index >= 15 is 0 Å². The molecule has 0 amide bonds. The summed E-state index contributed by atoms with van der Waals surface area (Å²) in [6.07, 6.45) is 1.52. The number of likely N-dealkylation sites (N-methyl/N-ethyl adjacent to an activating group) is 1. The molecule has 0 N–H and O–H groups in total. The lowest BCUT2D eigenvalue weighted by Gasteiger charge is -2.27. The predicted octanol–water partition coefficient (Wildman–Crippen LogP) is 4.11. The van der Waals surface area contributed by atoms with E-state index in [4.69, 9.17) is 0 Å². The molecule has 1 aromatic heterocycles. The molecule has 5 rings (SSSR count). The zero-order valence-electron chi connectivity index (χ0n) is 14.7. The van der Waals surface area contributed by atoms with Crippen molar-refractivity contribution >= 4 is 16.8 Å². The zero-order chi connectivity index (χ0) is 17.1. The fourth-order valence-electron chi connectivity index (χ4n) is 4.70. The molecule has 2 aromatic carbocycles. The second-order valence-corrected chi connectivity index (χ2v) is 7.56. The van der Waals surface area contributed by atoms with Crippen LogP contribution in [0.15, 0.2) is 42.5 Å². The van der Waals surface area contributed by atoms with Crippen LogP contribution >= 0.6 is 0 Å². The van der Waals surface area contributed by atoms with Gasteiger partial charge in [-0.05, 0) is 36.7 Å². The molecule has 0 aliphatic carbocycles. The highest BCUT2D eigenvalue weighted by Crippen LogP contribution is 2.42. The molecule has 0 fully saturated rings. The van der Waals surface area contributed by atoms with Crippen molar-refractivity contribution in [1.29, 1.82) is 0 Å². The maximum atomic E-state index is 13.1. The van der Waals surface area contributed by atoms with Gasteiger partial charge in [0.2, 0.25) is 5.91 Å². The molecule has 0 radical (unpaired) electrons. The Morgan fingerprint density at radius 2 is 1.92 bits per heavy atom. The van der Waals surface area contributed by atoms with Crippen LogP contribution in [0.2, 0.25) is 0 Å². The van der Waals surface area contributed by atoms with E-state index in [1.807, 2.05) is 10.6 Å². The molecule has 25 heavy (non-hydrogen) atoms. The Morgan fingerprint density at radius 1 is 1.12 bits per heavy atom. The third-order valence-electron chi connectivity index (χ3n) is 5.81. The summed E-state index contributed by atoms with van der Waals surface area (Å²) in [6.45, 7) is 4.13. The second-order valence-electron chi connectivity index (χ2n) is 7.56. The number of carbonyl (C=O) groups excluding carboxylic acids is 1. The average Bonchev–Trinajstić information content (AvgIpc) is 2.93. The predicted molar refractivity (Wildman–Crippen MR) is 100 cm³/mol. The highest BCUT2D eigenvalue weighted by molar-refractivity contribution is 6.01. The van der Waals surface area contributed by atoms with Gasteiger partial charge in [-0.15, -0.1) is 0 Å². The molecule has 3 heterocycles. The Bertz CT molecular complexity index is 1000. The molecule has 0 bridgehead atoms. The number of benzene rings is 2. The molecular formula is C22H22N2O. The maximum absolute atomic E-state index is 13.1. The van der Waals surface area contributed by atoms with Gasteiger partial charge in [-0.25, -0.2) is 0 Å². The third-order valence-corrected chi connectivity index (χ3v) is 5.81. The summed E-state index contributed by atoms with van der Waals surface area (Å²) in [5.74, 6) is 0.415. The minimum absolute atomic E-state index is 0.165. The van der Waals surface area contributed by atoms with Crippen molar-refractivity contribution < 1.29 is 4.79 Å². The summed E-state index contributed by atoms with van der Waals surface area (Å²) < 4.78 is 2.05. The number of fused-ring (bicyclic) bond motifs is 3. The first-order valence-corrected chi connectivity index (χ1v) is 9.07. The molecule has 0 saturated heterocycles. The van der Waals surface area contributed by atoms with Gasteiger partial charge in [-0.3, -0.25) is 9.36 Å². The standard InChI is InChI=1S/C22H22N2O/c1-14-10-17-16(15-6-4-3-5-7-15)12-21(25)24-20-8-9-23(2)13-19(20)18(11-14)22(17)24/h3-7,10-11,16H,8-9,12-13H2,1-2H3. The molecule has 126 valence electrons. The van der Waals surface area contributed by atoms with Crippen LogP contribution in [-0.4, -0.2) is 29.0 Å². The normalized spacial score (nSPS) is 20.1. The number of hydrogen-bond acceptors (Lipinski definition) is 2. The number of aryl methyl sites for hydroxylation is 1. The Hall–Kier alpha value is -2.39. The van der Waals surface area contributed by atoms with E-state index in [1.54, 1.807) is 0 Å². The van der Waals surface area contributed by atoms with Gasteiger partial charge in [0.25, 0.3) is 0 Å². The number of aromatic nitrogens is 1. The average molecular weight is 330 g/mol. The SMILES string of the molecule is Cc1cc2c3c(c1)c1c(n3C(=O)CC2c2ccccc2)CCN(C)C1. The fraction of sp³-hybridized carbons (Fsp3) is 0.318. The van der Waals surface area contributed by atoms with Gasteiger partial charge in [0.1, 0.15) is 0 Å². The Balaban J connectivity index is 1.84. The molecule has 2 aliphatic heterocycles. The van der Waals surface area contributed by atoms with Crippen LogP contribution in [0.4, 0.5) is 0 Å². The van der Waals surface area contributed by atoms with Crippen molar-refractivity contribution in [2.24, 2.45) is 0 Å². The molecule has 0 saturated carbocycles. The highest BCUT2D eigenvalue weighted by Gasteiger charge is 2.34. The van der Waals surface area contributed by atoms with E-state index in [2.05, 4.69) is 55.3 Å². The topological polar surface area (TPSA) is 25.2 Å². The van der Waals surface area contributed by atoms with Crippen molar-refractivity contribution in [1.82, 2.24) is 9.47 Å². The molecule has 3 aromatic rings. The smallest absolute Gasteiger partial charge is 0.232 e. The quantitative estimate of drug-likeness (QED) is 0.671. The molecule has 1 atom stereocenters. The largest absolute Gasteiger partial charge is 0.302 e. The van der Waals surface area contributed by atoms with Gasteiger partial charge >= 0.3 is 0 Å². The van der Waals surface area contributed by atoms with Gasteiger partial charge in [0.15, 0.2) is 0 Å². The Labute approximate surface area is 147 Å². The lowest BCUT2D eigenvalue weighted by atomic mass is 9.84. The van der Waals surface area contributed by atoms with Crippen molar-refractivity contribution in [3.05, 3.63) is 70.4 Å². The van der Waals surface area contributed by atoms with Gasteiger partial charge < -0.3 is 4.90 Å². The summed E-state index contributed by atoms with van der Waals surface area (Å²) in [6, 6.07) is 15.0. The second kappa shape index (κ2) is 5.30. The van der Waals surface area contributed by atoms with Crippen LogP contribution in [0.3, 0.4) is 0 Å². The molecular weight excluding hydrogens is 308 g/mol. The van der Waals surface area contributed by atoms with Crippen LogP contribution in [-0.2, 0) is 13.0 Å². The van der Waals surface area contributed by atoms with Crippen LogP contribution in [0.1, 0.15) is 45.1 Å². The minimum Gasteiger partial charge on any atom is -0.302 e. The lowest BCUT2D eigenvalue weighted by molar-refractivity contribution is 0.0891. The zero-order valence-corrected chi connectivity index (χ0v) is 14.7. The number of hydrogen-bond donors (Lipinski definition) is 0. The van der Waals surface area contributed by atoms with Gasteiger partial charge in [-0.2, -0.15) is 0 Å². The monoisotopic (exact) mass is 330 g/mol. The molecule has 0 spiro atoms. The van der Waals surface area contributed by atoms with Gasteiger partial charge in [-0.1, -0.05) is 42.0 Å². The van der Waals surface area contributed by atoms with Gasteiger partial charge in [0.05, 0.1) is 5.52 Å².